The lowest BCUT2D eigenvalue weighted by Gasteiger charge is -2.26. The second-order valence-electron chi connectivity index (χ2n) is 7.25. The zero-order valence-electron chi connectivity index (χ0n) is 15.9. The Morgan fingerprint density at radius 3 is 2.08 bits per heavy atom. The van der Waals surface area contributed by atoms with E-state index in [4.69, 9.17) is 4.74 Å². The molecule has 0 aromatic heterocycles. The fraction of sp³-hybridized carbons (Fsp3) is 0.250. The van der Waals surface area contributed by atoms with Crippen LogP contribution in [0.3, 0.4) is 0 Å². The number of rotatable bonds is 5. The molecule has 0 spiro atoms. The zero-order valence-corrected chi connectivity index (χ0v) is 15.9. The van der Waals surface area contributed by atoms with Gasteiger partial charge in [-0.3, -0.25) is 0 Å². The second kappa shape index (κ2) is 7.25. The standard InChI is InChI=1S/C24H26O2/c1-5-24(2,3)22-16-19(17-9-7-6-8-10-17)15-21(23(22)25)18-11-13-20(26-4)14-12-18/h6-16,25H,5H2,1-4H3. The third kappa shape index (κ3) is 3.45. The molecule has 26 heavy (non-hydrogen) atoms. The van der Waals surface area contributed by atoms with E-state index < -0.39 is 0 Å². The average Bonchev–Trinajstić information content (AvgIpc) is 2.69. The highest BCUT2D eigenvalue weighted by Gasteiger charge is 2.25. The number of hydrogen-bond acceptors (Lipinski definition) is 2. The SMILES string of the molecule is CCC(C)(C)c1cc(-c2ccccc2)cc(-c2ccc(OC)cc2)c1O. The number of phenols is 1. The third-order valence-corrected chi connectivity index (χ3v) is 5.23. The minimum atomic E-state index is -0.115. The van der Waals surface area contributed by atoms with Crippen LogP contribution in [0.5, 0.6) is 11.5 Å². The number of phenolic OH excluding ortho intramolecular Hbond substituents is 1. The van der Waals surface area contributed by atoms with Crippen molar-refractivity contribution < 1.29 is 9.84 Å². The molecule has 0 aliphatic heterocycles. The quantitative estimate of drug-likeness (QED) is 0.577. The van der Waals surface area contributed by atoms with Crippen molar-refractivity contribution in [1.82, 2.24) is 0 Å². The van der Waals surface area contributed by atoms with Crippen molar-refractivity contribution in [3.63, 3.8) is 0 Å². The van der Waals surface area contributed by atoms with Crippen LogP contribution in [0.2, 0.25) is 0 Å². The molecular formula is C24H26O2. The van der Waals surface area contributed by atoms with Gasteiger partial charge >= 0.3 is 0 Å². The molecule has 0 aliphatic carbocycles. The number of methoxy groups -OCH3 is 1. The predicted octanol–water partition coefficient (Wildman–Crippen LogP) is 6.42. The highest BCUT2D eigenvalue weighted by molar-refractivity contribution is 5.80. The van der Waals surface area contributed by atoms with Gasteiger partial charge in [0.05, 0.1) is 7.11 Å². The molecule has 0 amide bonds. The Balaban J connectivity index is 2.23. The summed E-state index contributed by atoms with van der Waals surface area (Å²) in [4.78, 5) is 0. The first-order chi connectivity index (χ1) is 12.5. The van der Waals surface area contributed by atoms with E-state index in [1.807, 2.05) is 42.5 Å². The molecule has 0 heterocycles. The number of benzene rings is 3. The molecule has 3 aromatic rings. The molecule has 0 saturated heterocycles. The summed E-state index contributed by atoms with van der Waals surface area (Å²) in [5, 5.41) is 11.1. The van der Waals surface area contributed by atoms with Crippen LogP contribution < -0.4 is 4.74 Å². The van der Waals surface area contributed by atoms with Crippen LogP contribution in [0.25, 0.3) is 22.3 Å². The zero-order chi connectivity index (χ0) is 18.7. The Morgan fingerprint density at radius 2 is 1.50 bits per heavy atom. The van der Waals surface area contributed by atoms with Gasteiger partial charge in [-0.05, 0) is 52.8 Å². The van der Waals surface area contributed by atoms with E-state index in [0.29, 0.717) is 5.75 Å². The molecule has 0 atom stereocenters. The molecular weight excluding hydrogens is 320 g/mol. The normalized spacial score (nSPS) is 11.4. The summed E-state index contributed by atoms with van der Waals surface area (Å²) >= 11 is 0. The summed E-state index contributed by atoms with van der Waals surface area (Å²) in [5.41, 5.74) is 4.96. The Kier molecular flexibility index (Phi) is 5.03. The van der Waals surface area contributed by atoms with E-state index >= 15 is 0 Å². The Bertz CT molecular complexity index is 878. The molecule has 0 aliphatic rings. The van der Waals surface area contributed by atoms with Gasteiger partial charge in [-0.25, -0.2) is 0 Å². The molecule has 0 unspecified atom stereocenters. The van der Waals surface area contributed by atoms with Gasteiger partial charge in [0.2, 0.25) is 0 Å². The summed E-state index contributed by atoms with van der Waals surface area (Å²) in [6.07, 6.45) is 0.945. The lowest BCUT2D eigenvalue weighted by Crippen LogP contribution is -2.16. The monoisotopic (exact) mass is 346 g/mol. The van der Waals surface area contributed by atoms with Crippen LogP contribution in [0.1, 0.15) is 32.8 Å². The first-order valence-electron chi connectivity index (χ1n) is 9.03. The van der Waals surface area contributed by atoms with Crippen molar-refractivity contribution in [3.05, 3.63) is 72.3 Å². The fourth-order valence-corrected chi connectivity index (χ4v) is 3.13. The van der Waals surface area contributed by atoms with Crippen LogP contribution in [0.4, 0.5) is 0 Å². The molecule has 2 nitrogen and oxygen atoms in total. The molecule has 0 fully saturated rings. The maximum Gasteiger partial charge on any atom is 0.127 e. The van der Waals surface area contributed by atoms with Crippen molar-refractivity contribution in [3.8, 4) is 33.8 Å². The Morgan fingerprint density at radius 1 is 0.846 bits per heavy atom. The van der Waals surface area contributed by atoms with Gasteiger partial charge in [0.15, 0.2) is 0 Å². The lowest BCUT2D eigenvalue weighted by atomic mass is 9.79. The van der Waals surface area contributed by atoms with Gasteiger partial charge in [0, 0.05) is 11.1 Å². The van der Waals surface area contributed by atoms with Crippen molar-refractivity contribution in [2.45, 2.75) is 32.6 Å². The maximum absolute atomic E-state index is 11.1. The maximum atomic E-state index is 11.1. The van der Waals surface area contributed by atoms with Crippen LogP contribution in [-0.4, -0.2) is 12.2 Å². The van der Waals surface area contributed by atoms with E-state index in [-0.39, 0.29) is 5.41 Å². The number of ether oxygens (including phenoxy) is 1. The van der Waals surface area contributed by atoms with Crippen molar-refractivity contribution in [1.29, 1.82) is 0 Å². The van der Waals surface area contributed by atoms with Gasteiger partial charge in [-0.15, -0.1) is 0 Å². The highest BCUT2D eigenvalue weighted by atomic mass is 16.5. The second-order valence-corrected chi connectivity index (χ2v) is 7.25. The molecule has 0 radical (unpaired) electrons. The van der Waals surface area contributed by atoms with Gasteiger partial charge in [0.1, 0.15) is 11.5 Å². The summed E-state index contributed by atoms with van der Waals surface area (Å²) < 4.78 is 5.26. The minimum absolute atomic E-state index is 0.115. The van der Waals surface area contributed by atoms with E-state index in [1.165, 1.54) is 0 Å². The largest absolute Gasteiger partial charge is 0.507 e. The van der Waals surface area contributed by atoms with Crippen molar-refractivity contribution in [2.75, 3.05) is 7.11 Å². The van der Waals surface area contributed by atoms with E-state index in [0.717, 1.165) is 40.0 Å². The van der Waals surface area contributed by atoms with Crippen molar-refractivity contribution >= 4 is 0 Å². The van der Waals surface area contributed by atoms with Crippen LogP contribution in [0.15, 0.2) is 66.7 Å². The number of hydrogen-bond donors (Lipinski definition) is 1. The molecule has 1 N–H and O–H groups in total. The molecule has 2 heteroatoms. The summed E-state index contributed by atoms with van der Waals surface area (Å²) in [6.45, 7) is 6.50. The van der Waals surface area contributed by atoms with Crippen LogP contribution in [-0.2, 0) is 5.41 Å². The minimum Gasteiger partial charge on any atom is -0.507 e. The predicted molar refractivity (Wildman–Crippen MR) is 109 cm³/mol. The van der Waals surface area contributed by atoms with Gasteiger partial charge < -0.3 is 9.84 Å². The Labute approximate surface area is 156 Å². The topological polar surface area (TPSA) is 29.5 Å². The van der Waals surface area contributed by atoms with E-state index in [9.17, 15) is 5.11 Å². The molecule has 3 aromatic carbocycles. The summed E-state index contributed by atoms with van der Waals surface area (Å²) in [6, 6.07) is 22.3. The summed E-state index contributed by atoms with van der Waals surface area (Å²) in [7, 11) is 1.66. The van der Waals surface area contributed by atoms with Gasteiger partial charge in [0.25, 0.3) is 0 Å². The number of aromatic hydroxyl groups is 1. The average molecular weight is 346 g/mol. The van der Waals surface area contributed by atoms with Crippen molar-refractivity contribution in [2.24, 2.45) is 0 Å². The third-order valence-electron chi connectivity index (χ3n) is 5.23. The summed E-state index contributed by atoms with van der Waals surface area (Å²) in [5.74, 6) is 1.17. The first-order valence-corrected chi connectivity index (χ1v) is 9.03. The van der Waals surface area contributed by atoms with Crippen LogP contribution in [0, 0.1) is 0 Å². The molecule has 0 bridgehead atoms. The molecule has 3 rings (SSSR count). The highest BCUT2D eigenvalue weighted by Crippen LogP contribution is 2.43. The van der Waals surface area contributed by atoms with Gasteiger partial charge in [-0.1, -0.05) is 63.2 Å². The molecule has 134 valence electrons. The first kappa shape index (κ1) is 18.1. The fourth-order valence-electron chi connectivity index (χ4n) is 3.13. The van der Waals surface area contributed by atoms with E-state index in [1.54, 1.807) is 7.11 Å². The smallest absolute Gasteiger partial charge is 0.127 e. The van der Waals surface area contributed by atoms with E-state index in [2.05, 4.69) is 45.0 Å². The lowest BCUT2D eigenvalue weighted by molar-refractivity contribution is 0.415. The Hall–Kier alpha value is -2.74. The van der Waals surface area contributed by atoms with Crippen LogP contribution >= 0.6 is 0 Å². The van der Waals surface area contributed by atoms with Gasteiger partial charge in [-0.2, -0.15) is 0 Å². The molecule has 0 saturated carbocycles.